The Bertz CT molecular complexity index is 341. The normalized spacial score (nSPS) is 11.8. The highest BCUT2D eigenvalue weighted by Gasteiger charge is 2.05. The molecule has 140 valence electrons. The van der Waals surface area contributed by atoms with Gasteiger partial charge in [0.25, 0.3) is 0 Å². The monoisotopic (exact) mass is 338 g/mol. The van der Waals surface area contributed by atoms with Crippen LogP contribution in [0.3, 0.4) is 0 Å². The van der Waals surface area contributed by atoms with E-state index in [1.165, 1.54) is 12.8 Å². The van der Waals surface area contributed by atoms with Crippen molar-refractivity contribution in [1.82, 2.24) is 10.2 Å². The Morgan fingerprint density at radius 3 is 2.46 bits per heavy atom. The minimum Gasteiger partial charge on any atom is -0.395 e. The second kappa shape index (κ2) is 18.2. The topological polar surface area (TPSA) is 52.6 Å². The van der Waals surface area contributed by atoms with E-state index in [9.17, 15) is 4.79 Å². The summed E-state index contributed by atoms with van der Waals surface area (Å²) in [6, 6.07) is 0. The molecule has 0 heterocycles. The van der Waals surface area contributed by atoms with Crippen LogP contribution in [0.15, 0.2) is 24.3 Å². The van der Waals surface area contributed by atoms with Crippen LogP contribution in [0.2, 0.25) is 0 Å². The number of hydrogen-bond donors (Lipinski definition) is 2. The van der Waals surface area contributed by atoms with Gasteiger partial charge in [-0.15, -0.1) is 0 Å². The third-order valence-corrected chi connectivity index (χ3v) is 3.93. The molecule has 2 N–H and O–H groups in total. The van der Waals surface area contributed by atoms with Crippen LogP contribution >= 0.6 is 0 Å². The zero-order chi connectivity index (χ0) is 17.9. The second-order valence-electron chi connectivity index (χ2n) is 6.13. The molecule has 0 aromatic rings. The van der Waals surface area contributed by atoms with Gasteiger partial charge < -0.3 is 10.4 Å². The number of nitrogens with zero attached hydrogens (tertiary/aromatic N) is 1. The number of carbonyl (C=O) groups excluding carboxylic acids is 1. The summed E-state index contributed by atoms with van der Waals surface area (Å²) < 4.78 is 0. The molecule has 0 bridgehead atoms. The Morgan fingerprint density at radius 1 is 1.00 bits per heavy atom. The molecule has 0 saturated carbocycles. The molecule has 0 saturated heterocycles. The van der Waals surface area contributed by atoms with Crippen LogP contribution in [0, 0.1) is 0 Å². The molecule has 0 aliphatic rings. The number of rotatable bonds is 16. The molecule has 0 unspecified atom stereocenters. The lowest BCUT2D eigenvalue weighted by Crippen LogP contribution is -2.36. The van der Waals surface area contributed by atoms with Crippen LogP contribution < -0.4 is 5.32 Å². The van der Waals surface area contributed by atoms with Gasteiger partial charge in [-0.05, 0) is 39.0 Å². The minimum absolute atomic E-state index is 0.138. The third kappa shape index (κ3) is 15.8. The van der Waals surface area contributed by atoms with E-state index < -0.39 is 0 Å². The smallest absolute Gasteiger partial charge is 0.220 e. The lowest BCUT2D eigenvalue weighted by Gasteiger charge is -2.20. The Balaban J connectivity index is 3.75. The molecule has 1 amide bonds. The molecule has 0 aliphatic carbocycles. The van der Waals surface area contributed by atoms with Gasteiger partial charge in [-0.3, -0.25) is 9.69 Å². The van der Waals surface area contributed by atoms with Gasteiger partial charge in [0, 0.05) is 32.6 Å². The number of aliphatic hydroxyl groups is 1. The predicted octanol–water partition coefficient (Wildman–Crippen LogP) is 3.67. The highest BCUT2D eigenvalue weighted by Crippen LogP contribution is 2.01. The number of unbranched alkanes of at least 4 members (excludes halogenated alkanes) is 4. The van der Waals surface area contributed by atoms with E-state index in [1.807, 2.05) is 6.92 Å². The fourth-order valence-corrected chi connectivity index (χ4v) is 2.45. The lowest BCUT2D eigenvalue weighted by molar-refractivity contribution is -0.121. The summed E-state index contributed by atoms with van der Waals surface area (Å²) in [7, 11) is 0. The molecule has 0 radical (unpaired) electrons. The zero-order valence-electron chi connectivity index (χ0n) is 15.8. The maximum atomic E-state index is 11.8. The molecule has 0 atom stereocenters. The average molecular weight is 339 g/mol. The van der Waals surface area contributed by atoms with Gasteiger partial charge in [-0.1, -0.05) is 44.1 Å². The molecule has 4 nitrogen and oxygen atoms in total. The van der Waals surface area contributed by atoms with Crippen molar-refractivity contribution in [2.24, 2.45) is 0 Å². The summed E-state index contributed by atoms with van der Waals surface area (Å²) in [4.78, 5) is 14.0. The van der Waals surface area contributed by atoms with E-state index in [4.69, 9.17) is 5.11 Å². The zero-order valence-corrected chi connectivity index (χ0v) is 15.8. The molecule has 24 heavy (non-hydrogen) atoms. The molecule has 0 aromatic heterocycles. The van der Waals surface area contributed by atoms with Crippen LogP contribution in [0.25, 0.3) is 0 Å². The van der Waals surface area contributed by atoms with Crippen molar-refractivity contribution in [3.8, 4) is 0 Å². The highest BCUT2D eigenvalue weighted by atomic mass is 16.3. The Hall–Kier alpha value is -1.13. The molecular formula is C20H38N2O2. The van der Waals surface area contributed by atoms with Gasteiger partial charge in [0.1, 0.15) is 0 Å². The second-order valence-corrected chi connectivity index (χ2v) is 6.13. The Morgan fingerprint density at radius 2 is 1.75 bits per heavy atom. The first kappa shape index (κ1) is 22.9. The average Bonchev–Trinajstić information content (AvgIpc) is 2.57. The van der Waals surface area contributed by atoms with Crippen LogP contribution in [0.1, 0.15) is 65.2 Å². The van der Waals surface area contributed by atoms with Crippen LogP contribution in [-0.2, 0) is 4.79 Å². The number of nitrogens with one attached hydrogen (secondary N) is 1. The summed E-state index contributed by atoms with van der Waals surface area (Å²) in [6.07, 6.45) is 17.0. The quantitative estimate of drug-likeness (QED) is 0.333. The fraction of sp³-hybridized carbons (Fsp3) is 0.750. The van der Waals surface area contributed by atoms with E-state index in [0.29, 0.717) is 19.5 Å². The van der Waals surface area contributed by atoms with Crippen molar-refractivity contribution in [1.29, 1.82) is 0 Å². The Labute approximate surface area is 149 Å². The summed E-state index contributed by atoms with van der Waals surface area (Å²) in [5.41, 5.74) is 0. The SMILES string of the molecule is C/C=C/CCCCC(=O)NCCN(CCO)CC/C=C/CCCC. The summed E-state index contributed by atoms with van der Waals surface area (Å²) in [5.74, 6) is 0.138. The van der Waals surface area contributed by atoms with E-state index in [0.717, 1.165) is 45.2 Å². The number of hydrogen-bond acceptors (Lipinski definition) is 3. The largest absolute Gasteiger partial charge is 0.395 e. The van der Waals surface area contributed by atoms with Gasteiger partial charge in [0.05, 0.1) is 6.61 Å². The fourth-order valence-electron chi connectivity index (χ4n) is 2.45. The van der Waals surface area contributed by atoms with Crippen molar-refractivity contribution < 1.29 is 9.90 Å². The molecule has 0 fully saturated rings. The summed E-state index contributed by atoms with van der Waals surface area (Å²) in [6.45, 7) is 7.45. The molecular weight excluding hydrogens is 300 g/mol. The minimum atomic E-state index is 0.138. The van der Waals surface area contributed by atoms with Crippen molar-refractivity contribution in [2.45, 2.75) is 65.2 Å². The van der Waals surface area contributed by atoms with Gasteiger partial charge in [0.15, 0.2) is 0 Å². The number of amides is 1. The first-order valence-electron chi connectivity index (χ1n) is 9.60. The van der Waals surface area contributed by atoms with Gasteiger partial charge >= 0.3 is 0 Å². The summed E-state index contributed by atoms with van der Waals surface area (Å²) >= 11 is 0. The van der Waals surface area contributed by atoms with Crippen molar-refractivity contribution in [2.75, 3.05) is 32.8 Å². The van der Waals surface area contributed by atoms with Crippen molar-refractivity contribution in [3.05, 3.63) is 24.3 Å². The van der Waals surface area contributed by atoms with Gasteiger partial charge in [-0.25, -0.2) is 0 Å². The van der Waals surface area contributed by atoms with E-state index >= 15 is 0 Å². The van der Waals surface area contributed by atoms with Crippen LogP contribution in [-0.4, -0.2) is 48.7 Å². The molecule has 0 aromatic carbocycles. The maximum absolute atomic E-state index is 11.8. The van der Waals surface area contributed by atoms with E-state index in [-0.39, 0.29) is 12.5 Å². The molecule has 0 spiro atoms. The third-order valence-electron chi connectivity index (χ3n) is 3.93. The van der Waals surface area contributed by atoms with E-state index in [1.54, 1.807) is 0 Å². The Kier molecular flexibility index (Phi) is 17.4. The number of carbonyl (C=O) groups is 1. The standard InChI is InChI=1S/C20H38N2O2/c1-3-5-7-9-11-13-16-22(18-19-23)17-15-21-20(24)14-12-10-8-6-4-2/h4,6,9,11,23H,3,5,7-8,10,12-19H2,1-2H3,(H,21,24)/b6-4+,11-9+. The van der Waals surface area contributed by atoms with Gasteiger partial charge in [0.2, 0.25) is 5.91 Å². The number of aliphatic hydroxyl groups excluding tert-OH is 1. The van der Waals surface area contributed by atoms with Gasteiger partial charge in [-0.2, -0.15) is 0 Å². The van der Waals surface area contributed by atoms with E-state index in [2.05, 4.69) is 41.4 Å². The number of allylic oxidation sites excluding steroid dienone is 3. The molecule has 4 heteroatoms. The van der Waals surface area contributed by atoms with Crippen molar-refractivity contribution in [3.63, 3.8) is 0 Å². The first-order chi connectivity index (χ1) is 11.7. The highest BCUT2D eigenvalue weighted by molar-refractivity contribution is 5.75. The summed E-state index contributed by atoms with van der Waals surface area (Å²) in [5, 5.41) is 12.1. The molecule has 0 rings (SSSR count). The van der Waals surface area contributed by atoms with Crippen LogP contribution in [0.4, 0.5) is 0 Å². The first-order valence-corrected chi connectivity index (χ1v) is 9.60. The maximum Gasteiger partial charge on any atom is 0.220 e. The molecule has 0 aliphatic heterocycles. The lowest BCUT2D eigenvalue weighted by atomic mass is 10.2. The predicted molar refractivity (Wildman–Crippen MR) is 103 cm³/mol. The van der Waals surface area contributed by atoms with Crippen LogP contribution in [0.5, 0.6) is 0 Å². The van der Waals surface area contributed by atoms with Crippen molar-refractivity contribution >= 4 is 5.91 Å².